The number of hydrogen-bond acceptors (Lipinski definition) is 4. The molecule has 0 spiro atoms. The SMILES string of the molecule is CC(C)(C)OC(=O)N1C[C@@H](COCc2ccccc2)OC2CC21. The standard InChI is InChI=1S/C18H25NO4/c1-18(2,3)23-17(20)19-10-14(22-16-9-15(16)19)12-21-11-13-7-5-4-6-8-13/h4-8,14-16H,9-12H2,1-3H3/t14-,15?,16?/m0/s1. The summed E-state index contributed by atoms with van der Waals surface area (Å²) in [6, 6.07) is 10.2. The van der Waals surface area contributed by atoms with Gasteiger partial charge in [-0.3, -0.25) is 4.90 Å². The van der Waals surface area contributed by atoms with Crippen LogP contribution in [0.5, 0.6) is 0 Å². The van der Waals surface area contributed by atoms with Crippen LogP contribution in [-0.4, -0.2) is 48.0 Å². The van der Waals surface area contributed by atoms with Gasteiger partial charge in [-0.1, -0.05) is 30.3 Å². The second-order valence-electron chi connectivity index (χ2n) is 7.23. The smallest absolute Gasteiger partial charge is 0.410 e. The Morgan fingerprint density at radius 3 is 2.74 bits per heavy atom. The monoisotopic (exact) mass is 319 g/mol. The number of nitrogens with zero attached hydrogens (tertiary/aromatic N) is 1. The summed E-state index contributed by atoms with van der Waals surface area (Å²) in [6.07, 6.45) is 0.701. The Hall–Kier alpha value is -1.59. The zero-order chi connectivity index (χ0) is 16.4. The summed E-state index contributed by atoms with van der Waals surface area (Å²) in [7, 11) is 0. The lowest BCUT2D eigenvalue weighted by atomic mass is 10.2. The highest BCUT2D eigenvalue weighted by molar-refractivity contribution is 5.69. The predicted molar refractivity (Wildman–Crippen MR) is 86.1 cm³/mol. The molecule has 2 fully saturated rings. The van der Waals surface area contributed by atoms with E-state index in [0.29, 0.717) is 19.8 Å². The van der Waals surface area contributed by atoms with E-state index in [1.807, 2.05) is 51.1 Å². The fourth-order valence-electron chi connectivity index (χ4n) is 2.78. The van der Waals surface area contributed by atoms with Crippen LogP contribution in [0, 0.1) is 0 Å². The van der Waals surface area contributed by atoms with Gasteiger partial charge < -0.3 is 14.2 Å². The fraction of sp³-hybridized carbons (Fsp3) is 0.611. The van der Waals surface area contributed by atoms with Crippen molar-refractivity contribution >= 4 is 6.09 Å². The van der Waals surface area contributed by atoms with E-state index in [2.05, 4.69) is 0 Å². The van der Waals surface area contributed by atoms with E-state index >= 15 is 0 Å². The number of carbonyl (C=O) groups is 1. The van der Waals surface area contributed by atoms with Crippen molar-refractivity contribution in [1.82, 2.24) is 4.90 Å². The maximum Gasteiger partial charge on any atom is 0.410 e. The Morgan fingerprint density at radius 2 is 2.04 bits per heavy atom. The Kier molecular flexibility index (Phi) is 4.60. The molecule has 23 heavy (non-hydrogen) atoms. The normalized spacial score (nSPS) is 26.6. The predicted octanol–water partition coefficient (Wildman–Crippen LogP) is 2.98. The van der Waals surface area contributed by atoms with E-state index < -0.39 is 5.60 Å². The Balaban J connectivity index is 1.49. The topological polar surface area (TPSA) is 48.0 Å². The van der Waals surface area contributed by atoms with Gasteiger partial charge in [0.25, 0.3) is 0 Å². The molecule has 3 atom stereocenters. The molecule has 1 saturated carbocycles. The summed E-state index contributed by atoms with van der Waals surface area (Å²) >= 11 is 0. The second kappa shape index (κ2) is 6.49. The van der Waals surface area contributed by atoms with Gasteiger partial charge in [0.05, 0.1) is 38.0 Å². The molecule has 2 unspecified atom stereocenters. The molecule has 1 saturated heterocycles. The van der Waals surface area contributed by atoms with Gasteiger partial charge in [-0.2, -0.15) is 0 Å². The molecule has 0 radical (unpaired) electrons. The zero-order valence-corrected chi connectivity index (χ0v) is 14.0. The Bertz CT molecular complexity index is 540. The fourth-order valence-corrected chi connectivity index (χ4v) is 2.78. The number of amides is 1. The van der Waals surface area contributed by atoms with Gasteiger partial charge in [-0.05, 0) is 32.8 Å². The molecule has 1 aliphatic heterocycles. The third kappa shape index (κ3) is 4.45. The van der Waals surface area contributed by atoms with Crippen molar-refractivity contribution < 1.29 is 19.0 Å². The molecular formula is C18H25NO4. The van der Waals surface area contributed by atoms with Crippen molar-refractivity contribution in [3.63, 3.8) is 0 Å². The van der Waals surface area contributed by atoms with Crippen molar-refractivity contribution in [2.45, 2.75) is 57.6 Å². The van der Waals surface area contributed by atoms with Gasteiger partial charge in [0.15, 0.2) is 0 Å². The maximum absolute atomic E-state index is 12.3. The van der Waals surface area contributed by atoms with Crippen LogP contribution < -0.4 is 0 Å². The lowest BCUT2D eigenvalue weighted by molar-refractivity contribution is -0.0795. The van der Waals surface area contributed by atoms with Crippen LogP contribution in [0.3, 0.4) is 0 Å². The van der Waals surface area contributed by atoms with Crippen LogP contribution in [-0.2, 0) is 20.8 Å². The average molecular weight is 319 g/mol. The summed E-state index contributed by atoms with van der Waals surface area (Å²) in [5.41, 5.74) is 0.663. The quantitative estimate of drug-likeness (QED) is 0.856. The van der Waals surface area contributed by atoms with Crippen molar-refractivity contribution in [3.8, 4) is 0 Å². The first-order valence-corrected chi connectivity index (χ1v) is 8.19. The first-order chi connectivity index (χ1) is 10.9. The summed E-state index contributed by atoms with van der Waals surface area (Å²) in [6.45, 7) is 7.23. The van der Waals surface area contributed by atoms with Gasteiger partial charge >= 0.3 is 6.09 Å². The van der Waals surface area contributed by atoms with Gasteiger partial charge in [0.1, 0.15) is 5.60 Å². The first kappa shape index (κ1) is 16.3. The Labute approximate surface area is 137 Å². The highest BCUT2D eigenvalue weighted by Gasteiger charge is 2.51. The third-order valence-electron chi connectivity index (χ3n) is 3.91. The number of morpholine rings is 1. The van der Waals surface area contributed by atoms with Crippen LogP contribution in [0.25, 0.3) is 0 Å². The minimum atomic E-state index is -0.473. The van der Waals surface area contributed by atoms with Crippen LogP contribution in [0.15, 0.2) is 30.3 Å². The van der Waals surface area contributed by atoms with E-state index in [-0.39, 0.29) is 24.3 Å². The molecule has 1 aromatic carbocycles. The first-order valence-electron chi connectivity index (χ1n) is 8.19. The van der Waals surface area contributed by atoms with Crippen LogP contribution in [0.4, 0.5) is 4.79 Å². The van der Waals surface area contributed by atoms with Crippen molar-refractivity contribution in [3.05, 3.63) is 35.9 Å². The molecular weight excluding hydrogens is 294 g/mol. The molecule has 1 amide bonds. The Morgan fingerprint density at radius 1 is 1.30 bits per heavy atom. The number of benzene rings is 1. The number of ether oxygens (including phenoxy) is 3. The van der Waals surface area contributed by atoms with Gasteiger partial charge in [0.2, 0.25) is 0 Å². The van der Waals surface area contributed by atoms with Crippen LogP contribution in [0.2, 0.25) is 0 Å². The summed E-state index contributed by atoms with van der Waals surface area (Å²) in [5, 5.41) is 0. The van der Waals surface area contributed by atoms with E-state index in [1.165, 1.54) is 0 Å². The van der Waals surface area contributed by atoms with Gasteiger partial charge in [-0.15, -0.1) is 0 Å². The minimum absolute atomic E-state index is 0.0880. The van der Waals surface area contributed by atoms with Gasteiger partial charge in [-0.25, -0.2) is 4.79 Å². The number of hydrogen-bond donors (Lipinski definition) is 0. The molecule has 0 N–H and O–H groups in total. The number of carbonyl (C=O) groups excluding carboxylic acids is 1. The van der Waals surface area contributed by atoms with E-state index in [9.17, 15) is 4.79 Å². The molecule has 0 bridgehead atoms. The lowest BCUT2D eigenvalue weighted by Crippen LogP contribution is -2.49. The summed E-state index contributed by atoms with van der Waals surface area (Å²) < 4.78 is 17.2. The van der Waals surface area contributed by atoms with Crippen molar-refractivity contribution in [2.75, 3.05) is 13.2 Å². The van der Waals surface area contributed by atoms with Crippen LogP contribution >= 0.6 is 0 Å². The van der Waals surface area contributed by atoms with E-state index in [1.54, 1.807) is 4.90 Å². The largest absolute Gasteiger partial charge is 0.444 e. The minimum Gasteiger partial charge on any atom is -0.444 e. The molecule has 5 nitrogen and oxygen atoms in total. The van der Waals surface area contributed by atoms with E-state index in [4.69, 9.17) is 14.2 Å². The number of fused-ring (bicyclic) bond motifs is 1. The maximum atomic E-state index is 12.3. The summed E-state index contributed by atoms with van der Waals surface area (Å²) in [4.78, 5) is 14.1. The summed E-state index contributed by atoms with van der Waals surface area (Å²) in [5.74, 6) is 0. The molecule has 0 aromatic heterocycles. The van der Waals surface area contributed by atoms with Crippen LogP contribution in [0.1, 0.15) is 32.8 Å². The number of rotatable bonds is 4. The van der Waals surface area contributed by atoms with Crippen molar-refractivity contribution in [2.24, 2.45) is 0 Å². The second-order valence-corrected chi connectivity index (χ2v) is 7.23. The highest BCUT2D eigenvalue weighted by atomic mass is 16.6. The lowest BCUT2D eigenvalue weighted by Gasteiger charge is -2.33. The molecule has 2 aliphatic rings. The highest BCUT2D eigenvalue weighted by Crippen LogP contribution is 2.37. The van der Waals surface area contributed by atoms with Crippen molar-refractivity contribution in [1.29, 1.82) is 0 Å². The average Bonchev–Trinajstić information content (AvgIpc) is 3.25. The molecule has 1 aromatic rings. The molecule has 5 heteroatoms. The molecule has 1 aliphatic carbocycles. The van der Waals surface area contributed by atoms with E-state index in [0.717, 1.165) is 12.0 Å². The third-order valence-corrected chi connectivity index (χ3v) is 3.91. The van der Waals surface area contributed by atoms with Gasteiger partial charge in [0, 0.05) is 0 Å². The molecule has 1 heterocycles. The molecule has 126 valence electrons. The zero-order valence-electron chi connectivity index (χ0n) is 14.0. The molecule has 3 rings (SSSR count).